The highest BCUT2D eigenvalue weighted by Gasteiger charge is 2.41. The third kappa shape index (κ3) is 9.70. The molecule has 0 unspecified atom stereocenters. The molecule has 0 aromatic heterocycles. The summed E-state index contributed by atoms with van der Waals surface area (Å²) in [6.07, 6.45) is -4.00. The summed E-state index contributed by atoms with van der Waals surface area (Å²) in [7, 11) is 1.34. The number of carbonyl (C=O) groups is 3. The van der Waals surface area contributed by atoms with E-state index in [4.69, 9.17) is 34.3 Å². The number of carbonyl (C=O) groups excluding carboxylic acids is 3. The molecule has 0 spiro atoms. The Kier molecular flexibility index (Phi) is 12.3. The molecule has 0 radical (unpaired) electrons. The number of piperidine rings is 1. The first kappa shape index (κ1) is 37.6. The van der Waals surface area contributed by atoms with E-state index in [0.717, 1.165) is 11.2 Å². The van der Waals surface area contributed by atoms with Crippen LogP contribution in [0.1, 0.15) is 70.1 Å². The van der Waals surface area contributed by atoms with E-state index in [0.29, 0.717) is 46.5 Å². The molecular formula is C32H44F3N5O9. The molecule has 14 nitrogen and oxygen atoms in total. The number of amides is 2. The molecule has 1 aromatic carbocycles. The summed E-state index contributed by atoms with van der Waals surface area (Å²) in [6.45, 7) is 6.64. The zero-order valence-electron chi connectivity index (χ0n) is 28.2. The molecule has 0 saturated carbocycles. The minimum absolute atomic E-state index is 0.00663. The van der Waals surface area contributed by atoms with Gasteiger partial charge in [-0.2, -0.15) is 18.3 Å². The number of benzene rings is 1. The van der Waals surface area contributed by atoms with E-state index in [2.05, 4.69) is 10.7 Å². The summed E-state index contributed by atoms with van der Waals surface area (Å²) in [6, 6.07) is 2.14. The number of nitrogens with two attached hydrogens (primary N) is 1. The van der Waals surface area contributed by atoms with E-state index in [1.165, 1.54) is 12.0 Å². The number of methoxy groups -OCH3 is 1. The zero-order chi connectivity index (χ0) is 35.9. The number of rotatable bonds is 9. The van der Waals surface area contributed by atoms with Gasteiger partial charge in [-0.05, 0) is 76.7 Å². The van der Waals surface area contributed by atoms with Gasteiger partial charge >= 0.3 is 24.3 Å². The van der Waals surface area contributed by atoms with Gasteiger partial charge in [-0.1, -0.05) is 6.07 Å². The second kappa shape index (κ2) is 16.0. The van der Waals surface area contributed by atoms with Crippen LogP contribution in [0, 0.1) is 0 Å². The van der Waals surface area contributed by atoms with Crippen molar-refractivity contribution in [2.45, 2.75) is 90.5 Å². The number of fused-ring (bicyclic) bond motifs is 2. The van der Waals surface area contributed by atoms with E-state index in [-0.39, 0.29) is 52.6 Å². The quantitative estimate of drug-likeness (QED) is 0.183. The highest BCUT2D eigenvalue weighted by molar-refractivity contribution is 5.82. The van der Waals surface area contributed by atoms with E-state index >= 15 is 0 Å². The minimum atomic E-state index is -4.70. The van der Waals surface area contributed by atoms with Crippen molar-refractivity contribution in [3.05, 3.63) is 46.2 Å². The lowest BCUT2D eigenvalue weighted by Crippen LogP contribution is -2.55. The Balaban J connectivity index is 1.78. The molecular weight excluding hydrogens is 655 g/mol. The van der Waals surface area contributed by atoms with Crippen molar-refractivity contribution in [3.8, 4) is 0 Å². The number of esters is 1. The zero-order valence-corrected chi connectivity index (χ0v) is 28.2. The molecule has 4 rings (SSSR count). The monoisotopic (exact) mass is 699 g/mol. The predicted molar refractivity (Wildman–Crippen MR) is 169 cm³/mol. The van der Waals surface area contributed by atoms with Gasteiger partial charge < -0.3 is 34.7 Å². The molecule has 0 bridgehead atoms. The normalized spacial score (nSPS) is 20.0. The molecule has 3 aliphatic heterocycles. The molecule has 4 N–H and O–H groups in total. The molecule has 1 fully saturated rings. The summed E-state index contributed by atoms with van der Waals surface area (Å²) in [5.41, 5.74) is 8.33. The van der Waals surface area contributed by atoms with Gasteiger partial charge in [0.15, 0.2) is 6.79 Å². The second-order valence-corrected chi connectivity index (χ2v) is 12.6. The van der Waals surface area contributed by atoms with Gasteiger partial charge in [-0.25, -0.2) is 19.2 Å². The maximum absolute atomic E-state index is 13.9. The predicted octanol–water partition coefficient (Wildman–Crippen LogP) is 4.85. The van der Waals surface area contributed by atoms with Crippen molar-refractivity contribution in [2.24, 2.45) is 5.73 Å². The van der Waals surface area contributed by atoms with Crippen LogP contribution < -0.4 is 16.5 Å². The summed E-state index contributed by atoms with van der Waals surface area (Å²) in [5.74, 6) is -0.537. The van der Waals surface area contributed by atoms with Crippen LogP contribution >= 0.6 is 0 Å². The van der Waals surface area contributed by atoms with Gasteiger partial charge in [0.25, 0.3) is 0 Å². The lowest BCUT2D eigenvalue weighted by atomic mass is 9.92. The van der Waals surface area contributed by atoms with Crippen LogP contribution in [0.15, 0.2) is 29.5 Å². The van der Waals surface area contributed by atoms with E-state index in [9.17, 15) is 27.6 Å². The first-order chi connectivity index (χ1) is 23.1. The molecule has 272 valence electrons. The Morgan fingerprint density at radius 2 is 1.90 bits per heavy atom. The van der Waals surface area contributed by atoms with Crippen LogP contribution in [0.5, 0.6) is 0 Å². The first-order valence-corrected chi connectivity index (χ1v) is 15.9. The molecule has 1 aromatic rings. The number of primary amides is 1. The summed E-state index contributed by atoms with van der Waals surface area (Å²) >= 11 is 0. The fourth-order valence-electron chi connectivity index (χ4n) is 5.77. The third-order valence-corrected chi connectivity index (χ3v) is 7.81. The molecule has 1 saturated heterocycles. The topological polar surface area (TPSA) is 163 Å². The molecule has 2 atom stereocenters. The summed E-state index contributed by atoms with van der Waals surface area (Å²) < 4.78 is 68.8. The van der Waals surface area contributed by atoms with E-state index in [1.807, 2.05) is 0 Å². The summed E-state index contributed by atoms with van der Waals surface area (Å²) in [5, 5.41) is 4.34. The van der Waals surface area contributed by atoms with E-state index in [1.54, 1.807) is 39.8 Å². The smallest absolute Gasteiger partial charge is 0.432 e. The molecule has 0 aliphatic carbocycles. The number of halogens is 3. The number of hydrogen-bond donors (Lipinski definition) is 3. The highest BCUT2D eigenvalue weighted by Crippen LogP contribution is 2.40. The standard InChI is InChI=1S/C32H44F3N5O9/c1-6-46-28(41)25-12-9-20(15-39(25)30(43)49-31(2,3)4)37-24-11-10-21-22(23(24)17-47-29(36)42)16-45-13-7-8-19-14-26(32(33,34)35)38-40(27(19)21)48-18-44-5/h10-11,14,20,25,37-38H,6-9,12-13,15-18H2,1-5H3,(H2,36,42)/t20-,25+/m1/s1. The van der Waals surface area contributed by atoms with E-state index < -0.39 is 47.7 Å². The van der Waals surface area contributed by atoms with Crippen LogP contribution in [0.3, 0.4) is 0 Å². The molecule has 49 heavy (non-hydrogen) atoms. The van der Waals surface area contributed by atoms with Gasteiger partial charge in [0, 0.05) is 43.1 Å². The van der Waals surface area contributed by atoms with Crippen molar-refractivity contribution < 1.29 is 56.1 Å². The number of likely N-dealkylation sites (tertiary alicyclic amines) is 1. The first-order valence-electron chi connectivity index (χ1n) is 15.9. The number of hydrazine groups is 1. The SMILES string of the molecule is CCOC(=O)[C@@H]1CC[C@@H](Nc2ccc3c(c2COC(N)=O)COCCCC2=C3N(OCOC)NC(C(F)(F)F)=C2)CN1C(=O)OC(C)(C)C. The van der Waals surface area contributed by atoms with Gasteiger partial charge in [0.05, 0.1) is 18.9 Å². The number of ether oxygens (including phenoxy) is 5. The number of nitrogens with one attached hydrogen (secondary N) is 2. The van der Waals surface area contributed by atoms with Gasteiger partial charge in [-0.15, -0.1) is 0 Å². The third-order valence-electron chi connectivity index (χ3n) is 7.81. The fourth-order valence-corrected chi connectivity index (χ4v) is 5.77. The second-order valence-electron chi connectivity index (χ2n) is 12.6. The Morgan fingerprint density at radius 3 is 2.55 bits per heavy atom. The van der Waals surface area contributed by atoms with Crippen LogP contribution in [-0.2, 0) is 46.5 Å². The van der Waals surface area contributed by atoms with Crippen molar-refractivity contribution in [1.29, 1.82) is 0 Å². The maximum Gasteiger partial charge on any atom is 0.432 e. The number of alkyl halides is 3. The Labute approximate surface area is 282 Å². The highest BCUT2D eigenvalue weighted by atomic mass is 19.4. The van der Waals surface area contributed by atoms with Crippen LogP contribution in [0.4, 0.5) is 28.4 Å². The number of hydroxylamine groups is 1. The van der Waals surface area contributed by atoms with Crippen molar-refractivity contribution >= 4 is 29.5 Å². The van der Waals surface area contributed by atoms with Crippen molar-refractivity contribution in [1.82, 2.24) is 15.5 Å². The largest absolute Gasteiger partial charge is 0.464 e. The van der Waals surface area contributed by atoms with Crippen molar-refractivity contribution in [2.75, 3.05) is 39.0 Å². The number of allylic oxidation sites excluding steroid dienone is 3. The Hall–Kier alpha value is -4.22. The lowest BCUT2D eigenvalue weighted by molar-refractivity contribution is -0.214. The van der Waals surface area contributed by atoms with Crippen LogP contribution in [-0.4, -0.2) is 85.8 Å². The Morgan fingerprint density at radius 1 is 1.14 bits per heavy atom. The average molecular weight is 700 g/mol. The lowest BCUT2D eigenvalue weighted by Gasteiger charge is -2.39. The van der Waals surface area contributed by atoms with Crippen molar-refractivity contribution in [3.63, 3.8) is 0 Å². The minimum Gasteiger partial charge on any atom is -0.464 e. The van der Waals surface area contributed by atoms with Crippen LogP contribution in [0.2, 0.25) is 0 Å². The number of hydrogen-bond acceptors (Lipinski definition) is 12. The molecule has 3 heterocycles. The average Bonchev–Trinajstić information content (AvgIpc) is 3.10. The Bertz CT molecular complexity index is 1440. The molecule has 3 aliphatic rings. The number of nitrogens with zero attached hydrogens (tertiary/aromatic N) is 2. The fraction of sp³-hybridized carbons (Fsp3) is 0.594. The van der Waals surface area contributed by atoms with Gasteiger partial charge in [0.2, 0.25) is 0 Å². The molecule has 2 amide bonds. The van der Waals surface area contributed by atoms with Gasteiger partial charge in [-0.3, -0.25) is 10.3 Å². The maximum atomic E-state index is 13.9. The molecule has 17 heteroatoms. The van der Waals surface area contributed by atoms with Crippen LogP contribution in [0.25, 0.3) is 5.70 Å². The summed E-state index contributed by atoms with van der Waals surface area (Å²) in [4.78, 5) is 44.8. The number of anilines is 1. The van der Waals surface area contributed by atoms with Gasteiger partial charge in [0.1, 0.15) is 23.9 Å².